The summed E-state index contributed by atoms with van der Waals surface area (Å²) in [5.74, 6) is 3.47. The van der Waals surface area contributed by atoms with E-state index in [0.717, 1.165) is 43.3 Å². The summed E-state index contributed by atoms with van der Waals surface area (Å²) in [6.45, 7) is 7.59. The summed E-state index contributed by atoms with van der Waals surface area (Å²) in [5, 5.41) is 11.1. The summed E-state index contributed by atoms with van der Waals surface area (Å²) in [6, 6.07) is 8.57. The zero-order chi connectivity index (χ0) is 21.0. The first-order valence-corrected chi connectivity index (χ1v) is 11.2. The maximum Gasteiger partial charge on any atom is 0.228 e. The molecule has 4 rings (SSSR count). The molecule has 1 aromatic heterocycles. The Morgan fingerprint density at radius 1 is 1.26 bits per heavy atom. The highest BCUT2D eigenvalue weighted by Crippen LogP contribution is 2.46. The van der Waals surface area contributed by atoms with Gasteiger partial charge in [-0.15, -0.1) is 24.0 Å². The van der Waals surface area contributed by atoms with Gasteiger partial charge in [-0.05, 0) is 38.7 Å². The number of guanidine groups is 1. The number of fused-ring (bicyclic) bond motifs is 1. The minimum absolute atomic E-state index is 0. The number of para-hydroxylation sites is 1. The Labute approximate surface area is 201 Å². The number of aliphatic imine (C=N–C) groups is 1. The molecule has 0 amide bonds. The lowest BCUT2D eigenvalue weighted by molar-refractivity contribution is 0.0396. The van der Waals surface area contributed by atoms with Gasteiger partial charge in [0.1, 0.15) is 11.4 Å². The fourth-order valence-corrected chi connectivity index (χ4v) is 4.43. The molecule has 2 aliphatic rings. The molecule has 1 fully saturated rings. The van der Waals surface area contributed by atoms with Crippen molar-refractivity contribution in [3.05, 3.63) is 41.5 Å². The zero-order valence-electron chi connectivity index (χ0n) is 18.7. The van der Waals surface area contributed by atoms with Crippen LogP contribution < -0.4 is 15.4 Å². The first kappa shape index (κ1) is 23.8. The van der Waals surface area contributed by atoms with Gasteiger partial charge >= 0.3 is 0 Å². The highest BCUT2D eigenvalue weighted by molar-refractivity contribution is 14.0. The Bertz CT molecular complexity index is 876. The predicted octanol–water partition coefficient (Wildman–Crippen LogP) is 4.75. The van der Waals surface area contributed by atoms with Gasteiger partial charge in [0, 0.05) is 30.9 Å². The average Bonchev–Trinajstić information content (AvgIpc) is 3.38. The lowest BCUT2D eigenvalue weighted by atomic mass is 9.86. The van der Waals surface area contributed by atoms with Crippen molar-refractivity contribution in [2.75, 3.05) is 13.1 Å². The van der Waals surface area contributed by atoms with Gasteiger partial charge < -0.3 is 19.9 Å². The monoisotopic (exact) mass is 539 g/mol. The molecule has 2 N–H and O–H groups in total. The summed E-state index contributed by atoms with van der Waals surface area (Å²) in [7, 11) is 0. The average molecular weight is 539 g/mol. The van der Waals surface area contributed by atoms with Crippen LogP contribution >= 0.6 is 24.0 Å². The first-order chi connectivity index (χ1) is 14.6. The second-order valence-electron chi connectivity index (χ2n) is 8.64. The van der Waals surface area contributed by atoms with Crippen LogP contribution in [-0.4, -0.2) is 34.8 Å². The predicted molar refractivity (Wildman–Crippen MR) is 132 cm³/mol. The first-order valence-electron chi connectivity index (χ1n) is 11.2. The van der Waals surface area contributed by atoms with Crippen molar-refractivity contribution >= 4 is 29.9 Å². The van der Waals surface area contributed by atoms with Crippen LogP contribution in [0.3, 0.4) is 0 Å². The maximum absolute atomic E-state index is 6.48. The van der Waals surface area contributed by atoms with Gasteiger partial charge in [-0.2, -0.15) is 4.98 Å². The van der Waals surface area contributed by atoms with Crippen LogP contribution in [0, 0.1) is 0 Å². The molecule has 31 heavy (non-hydrogen) atoms. The summed E-state index contributed by atoms with van der Waals surface area (Å²) in [6.07, 6.45) is 6.34. The molecule has 2 heterocycles. The largest absolute Gasteiger partial charge is 0.487 e. The third-order valence-electron chi connectivity index (χ3n) is 5.96. The van der Waals surface area contributed by atoms with Gasteiger partial charge in [0.2, 0.25) is 5.89 Å². The normalized spacial score (nSPS) is 19.6. The van der Waals surface area contributed by atoms with Crippen LogP contribution in [0.4, 0.5) is 0 Å². The van der Waals surface area contributed by atoms with E-state index >= 15 is 0 Å². The quantitative estimate of drug-likeness (QED) is 0.313. The van der Waals surface area contributed by atoms with E-state index < -0.39 is 0 Å². The van der Waals surface area contributed by atoms with Crippen molar-refractivity contribution in [3.8, 4) is 5.75 Å². The molecule has 1 atom stereocenters. The Morgan fingerprint density at radius 3 is 2.74 bits per heavy atom. The van der Waals surface area contributed by atoms with Crippen molar-refractivity contribution in [2.45, 2.75) is 76.9 Å². The third kappa shape index (κ3) is 5.70. The molecule has 1 saturated carbocycles. The minimum atomic E-state index is -0.0413. The molecule has 0 bridgehead atoms. The van der Waals surface area contributed by atoms with Gasteiger partial charge in [0.15, 0.2) is 11.8 Å². The Kier molecular flexibility index (Phi) is 8.18. The van der Waals surface area contributed by atoms with Gasteiger partial charge in [0.05, 0.1) is 12.6 Å². The van der Waals surface area contributed by atoms with E-state index in [4.69, 9.17) is 14.3 Å². The number of hydrogen-bond donors (Lipinski definition) is 2. The molecule has 1 aromatic carbocycles. The highest BCUT2D eigenvalue weighted by atomic mass is 127. The van der Waals surface area contributed by atoms with E-state index in [1.807, 2.05) is 0 Å². The maximum atomic E-state index is 6.48. The SMILES string of the molecule is CCNC(=NCCc1nc(C(C)C)no1)NC1CC2(CCCC2)Oc2ccccc21.I. The topological polar surface area (TPSA) is 84.6 Å². The van der Waals surface area contributed by atoms with E-state index in [0.29, 0.717) is 18.9 Å². The lowest BCUT2D eigenvalue weighted by Gasteiger charge is -2.40. The van der Waals surface area contributed by atoms with Gasteiger partial charge in [-0.1, -0.05) is 37.2 Å². The summed E-state index contributed by atoms with van der Waals surface area (Å²) >= 11 is 0. The van der Waals surface area contributed by atoms with E-state index in [1.54, 1.807) is 0 Å². The summed E-state index contributed by atoms with van der Waals surface area (Å²) < 4.78 is 11.8. The standard InChI is InChI=1S/C23H33N5O2.HI/c1-4-24-22(25-14-11-20-27-21(16(2)3)28-30-20)26-18-15-23(12-7-8-13-23)29-19-10-6-5-9-17(18)19;/h5-6,9-10,16,18H,4,7-8,11-15H2,1-3H3,(H2,24,25,26);1H. The number of nitrogens with one attached hydrogen (secondary N) is 2. The molecule has 2 aromatic rings. The van der Waals surface area contributed by atoms with Crippen molar-refractivity contribution in [2.24, 2.45) is 4.99 Å². The number of aromatic nitrogens is 2. The zero-order valence-corrected chi connectivity index (χ0v) is 21.0. The molecule has 1 aliphatic heterocycles. The van der Waals surface area contributed by atoms with Crippen LogP contribution in [-0.2, 0) is 6.42 Å². The Balaban J connectivity index is 0.00000272. The number of benzene rings is 1. The molecule has 1 unspecified atom stereocenters. The second-order valence-corrected chi connectivity index (χ2v) is 8.64. The molecule has 7 nitrogen and oxygen atoms in total. The number of nitrogens with zero attached hydrogens (tertiary/aromatic N) is 3. The van der Waals surface area contributed by atoms with Crippen LogP contribution in [0.5, 0.6) is 5.75 Å². The fraction of sp³-hybridized carbons (Fsp3) is 0.609. The molecule has 0 radical (unpaired) electrons. The van der Waals surface area contributed by atoms with Gasteiger partial charge in [0.25, 0.3) is 0 Å². The molecule has 1 aliphatic carbocycles. The van der Waals surface area contributed by atoms with E-state index in [2.05, 4.69) is 65.8 Å². The molecular weight excluding hydrogens is 505 g/mol. The Morgan fingerprint density at radius 2 is 2.03 bits per heavy atom. The van der Waals surface area contributed by atoms with Crippen molar-refractivity contribution in [3.63, 3.8) is 0 Å². The van der Waals surface area contributed by atoms with Crippen LogP contribution in [0.15, 0.2) is 33.8 Å². The highest BCUT2D eigenvalue weighted by Gasteiger charge is 2.43. The van der Waals surface area contributed by atoms with Crippen molar-refractivity contribution in [1.29, 1.82) is 0 Å². The van der Waals surface area contributed by atoms with E-state index in [-0.39, 0.29) is 41.5 Å². The Hall–Kier alpha value is -1.84. The molecule has 170 valence electrons. The molecule has 0 saturated heterocycles. The van der Waals surface area contributed by atoms with E-state index in [9.17, 15) is 0 Å². The van der Waals surface area contributed by atoms with Gasteiger partial charge in [-0.3, -0.25) is 4.99 Å². The fourth-order valence-electron chi connectivity index (χ4n) is 4.43. The van der Waals surface area contributed by atoms with Gasteiger partial charge in [-0.25, -0.2) is 0 Å². The van der Waals surface area contributed by atoms with Crippen LogP contribution in [0.25, 0.3) is 0 Å². The third-order valence-corrected chi connectivity index (χ3v) is 5.96. The lowest BCUT2D eigenvalue weighted by Crippen LogP contribution is -2.46. The van der Waals surface area contributed by atoms with Crippen molar-refractivity contribution in [1.82, 2.24) is 20.8 Å². The van der Waals surface area contributed by atoms with Crippen molar-refractivity contribution < 1.29 is 9.26 Å². The minimum Gasteiger partial charge on any atom is -0.487 e. The summed E-state index contributed by atoms with van der Waals surface area (Å²) in [4.78, 5) is 9.21. The van der Waals surface area contributed by atoms with Crippen LogP contribution in [0.2, 0.25) is 0 Å². The summed E-state index contributed by atoms with van der Waals surface area (Å²) in [5.41, 5.74) is 1.17. The number of rotatable bonds is 6. The number of halogens is 1. The number of ether oxygens (including phenoxy) is 1. The molecule has 1 spiro atoms. The molecule has 8 heteroatoms. The van der Waals surface area contributed by atoms with E-state index in [1.165, 1.54) is 18.4 Å². The smallest absolute Gasteiger partial charge is 0.228 e. The van der Waals surface area contributed by atoms with Crippen LogP contribution in [0.1, 0.15) is 82.1 Å². The second kappa shape index (κ2) is 10.7. The number of hydrogen-bond acceptors (Lipinski definition) is 5. The molecular formula is C23H34IN5O2.